The first-order valence-electron chi connectivity index (χ1n) is 6.88. The van der Waals surface area contributed by atoms with E-state index >= 15 is 0 Å². The minimum Gasteiger partial charge on any atom is -0.342 e. The van der Waals surface area contributed by atoms with E-state index in [4.69, 9.17) is 0 Å². The Bertz CT molecular complexity index is 413. The summed E-state index contributed by atoms with van der Waals surface area (Å²) in [6, 6.07) is 8.15. The predicted octanol–water partition coefficient (Wildman–Crippen LogP) is 4.33. The van der Waals surface area contributed by atoms with E-state index in [0.29, 0.717) is 0 Å². The summed E-state index contributed by atoms with van der Waals surface area (Å²) in [6.45, 7) is 3.88. The first-order valence-corrected chi connectivity index (χ1v) is 8.55. The minimum absolute atomic E-state index is 0.000671. The molecule has 0 aromatic heterocycles. The smallest absolute Gasteiger partial charge is 0.235 e. The molecule has 1 saturated heterocycles. The minimum atomic E-state index is -0.000671. The largest absolute Gasteiger partial charge is 0.342 e. The number of benzene rings is 1. The van der Waals surface area contributed by atoms with Crippen LogP contribution in [0.1, 0.15) is 32.6 Å². The van der Waals surface area contributed by atoms with Gasteiger partial charge in [0.05, 0.1) is 5.25 Å². The lowest BCUT2D eigenvalue weighted by atomic mass is 10.2. The molecule has 1 atom stereocenters. The Labute approximate surface area is 128 Å². The molecule has 0 saturated carbocycles. The molecule has 1 aromatic rings. The third-order valence-electron chi connectivity index (χ3n) is 3.39. The van der Waals surface area contributed by atoms with Gasteiger partial charge in [-0.1, -0.05) is 28.8 Å². The Hall–Kier alpha value is -0.480. The van der Waals surface area contributed by atoms with Crippen molar-refractivity contribution in [3.8, 4) is 0 Å². The number of halogens is 1. The SMILES string of the molecule is CC(Sc1ccc(Br)cc1)C(=O)N1CCCCCC1. The van der Waals surface area contributed by atoms with Gasteiger partial charge in [-0.15, -0.1) is 11.8 Å². The monoisotopic (exact) mass is 341 g/mol. The summed E-state index contributed by atoms with van der Waals surface area (Å²) in [5, 5.41) is -0.000671. The Kier molecular flexibility index (Phi) is 5.76. The zero-order chi connectivity index (χ0) is 13.7. The zero-order valence-electron chi connectivity index (χ0n) is 11.3. The molecule has 4 heteroatoms. The van der Waals surface area contributed by atoms with Crippen LogP contribution in [0.4, 0.5) is 0 Å². The molecule has 0 N–H and O–H groups in total. The molecule has 104 valence electrons. The van der Waals surface area contributed by atoms with Crippen molar-refractivity contribution in [2.24, 2.45) is 0 Å². The average Bonchev–Trinajstić information content (AvgIpc) is 2.69. The summed E-state index contributed by atoms with van der Waals surface area (Å²) in [5.74, 6) is 0.287. The van der Waals surface area contributed by atoms with Gasteiger partial charge in [0.25, 0.3) is 0 Å². The van der Waals surface area contributed by atoms with Gasteiger partial charge in [0.1, 0.15) is 0 Å². The van der Waals surface area contributed by atoms with E-state index in [1.54, 1.807) is 11.8 Å². The summed E-state index contributed by atoms with van der Waals surface area (Å²) in [6.07, 6.45) is 4.83. The molecule has 0 bridgehead atoms. The van der Waals surface area contributed by atoms with Gasteiger partial charge in [-0.2, -0.15) is 0 Å². The van der Waals surface area contributed by atoms with Gasteiger partial charge in [-0.3, -0.25) is 4.79 Å². The van der Waals surface area contributed by atoms with Crippen molar-refractivity contribution in [2.75, 3.05) is 13.1 Å². The highest BCUT2D eigenvalue weighted by Gasteiger charge is 2.22. The zero-order valence-corrected chi connectivity index (χ0v) is 13.7. The van der Waals surface area contributed by atoms with Crippen molar-refractivity contribution in [1.82, 2.24) is 4.90 Å². The van der Waals surface area contributed by atoms with Crippen molar-refractivity contribution in [2.45, 2.75) is 42.8 Å². The third-order valence-corrected chi connectivity index (χ3v) is 5.02. The molecule has 1 aliphatic heterocycles. The van der Waals surface area contributed by atoms with Crippen LogP contribution in [0.2, 0.25) is 0 Å². The third kappa shape index (κ3) is 4.53. The van der Waals surface area contributed by atoms with E-state index in [1.807, 2.05) is 24.0 Å². The van der Waals surface area contributed by atoms with Crippen molar-refractivity contribution < 1.29 is 4.79 Å². The topological polar surface area (TPSA) is 20.3 Å². The summed E-state index contributed by atoms with van der Waals surface area (Å²) >= 11 is 5.08. The molecule has 1 unspecified atom stereocenters. The van der Waals surface area contributed by atoms with Gasteiger partial charge >= 0.3 is 0 Å². The van der Waals surface area contributed by atoms with E-state index in [9.17, 15) is 4.79 Å². The first-order chi connectivity index (χ1) is 9.16. The highest BCUT2D eigenvalue weighted by molar-refractivity contribution is 9.10. The van der Waals surface area contributed by atoms with Crippen LogP contribution in [0.15, 0.2) is 33.6 Å². The van der Waals surface area contributed by atoms with Gasteiger partial charge in [0.2, 0.25) is 5.91 Å². The number of rotatable bonds is 3. The Morgan fingerprint density at radius 3 is 2.32 bits per heavy atom. The van der Waals surface area contributed by atoms with E-state index in [1.165, 1.54) is 12.8 Å². The second kappa shape index (κ2) is 7.34. The summed E-state index contributed by atoms with van der Waals surface area (Å²) in [7, 11) is 0. The molecular formula is C15H20BrNOS. The number of hydrogen-bond acceptors (Lipinski definition) is 2. The number of likely N-dealkylation sites (tertiary alicyclic amines) is 1. The molecule has 2 nitrogen and oxygen atoms in total. The van der Waals surface area contributed by atoms with Gasteiger partial charge in [0.15, 0.2) is 0 Å². The van der Waals surface area contributed by atoms with E-state index in [2.05, 4.69) is 28.1 Å². The van der Waals surface area contributed by atoms with Crippen LogP contribution in [0.25, 0.3) is 0 Å². The maximum absolute atomic E-state index is 12.4. The van der Waals surface area contributed by atoms with Crippen molar-refractivity contribution in [1.29, 1.82) is 0 Å². The number of hydrogen-bond donors (Lipinski definition) is 0. The molecule has 1 fully saturated rings. The van der Waals surface area contributed by atoms with Crippen LogP contribution in [0.3, 0.4) is 0 Å². The Morgan fingerprint density at radius 2 is 1.74 bits per heavy atom. The molecule has 0 radical (unpaired) electrons. The van der Waals surface area contributed by atoms with Crippen LogP contribution in [-0.2, 0) is 4.79 Å². The molecule has 19 heavy (non-hydrogen) atoms. The normalized spacial score (nSPS) is 17.9. The maximum atomic E-state index is 12.4. The Morgan fingerprint density at radius 1 is 1.16 bits per heavy atom. The van der Waals surface area contributed by atoms with Gasteiger partial charge in [0, 0.05) is 22.5 Å². The van der Waals surface area contributed by atoms with E-state index in [0.717, 1.165) is 35.3 Å². The quantitative estimate of drug-likeness (QED) is 0.762. The molecule has 0 aliphatic carbocycles. The van der Waals surface area contributed by atoms with Crippen LogP contribution in [0, 0.1) is 0 Å². The van der Waals surface area contributed by atoms with Gasteiger partial charge in [-0.25, -0.2) is 0 Å². The lowest BCUT2D eigenvalue weighted by Crippen LogP contribution is -2.37. The Balaban J connectivity index is 1.92. The van der Waals surface area contributed by atoms with Gasteiger partial charge in [-0.05, 0) is 44.0 Å². The predicted molar refractivity (Wildman–Crippen MR) is 84.5 cm³/mol. The van der Waals surface area contributed by atoms with Crippen LogP contribution >= 0.6 is 27.7 Å². The molecule has 1 heterocycles. The van der Waals surface area contributed by atoms with Crippen molar-refractivity contribution in [3.05, 3.63) is 28.7 Å². The molecule has 1 aromatic carbocycles. The number of nitrogens with zero attached hydrogens (tertiary/aromatic N) is 1. The van der Waals surface area contributed by atoms with Crippen LogP contribution in [0.5, 0.6) is 0 Å². The van der Waals surface area contributed by atoms with Crippen molar-refractivity contribution >= 4 is 33.6 Å². The van der Waals surface area contributed by atoms with Crippen LogP contribution in [-0.4, -0.2) is 29.1 Å². The molecule has 1 aliphatic rings. The first kappa shape index (κ1) is 14.9. The molecule has 2 rings (SSSR count). The summed E-state index contributed by atoms with van der Waals surface area (Å²) < 4.78 is 1.07. The highest BCUT2D eigenvalue weighted by Crippen LogP contribution is 2.26. The second-order valence-corrected chi connectivity index (χ2v) is 7.28. The number of carbonyl (C=O) groups is 1. The summed E-state index contributed by atoms with van der Waals surface area (Å²) in [4.78, 5) is 15.6. The number of thioether (sulfide) groups is 1. The van der Waals surface area contributed by atoms with Crippen molar-refractivity contribution in [3.63, 3.8) is 0 Å². The van der Waals surface area contributed by atoms with E-state index < -0.39 is 0 Å². The standard InChI is InChI=1S/C15H20BrNOS/c1-12(19-14-8-6-13(16)7-9-14)15(18)17-10-4-2-3-5-11-17/h6-9,12H,2-5,10-11H2,1H3. The lowest BCUT2D eigenvalue weighted by molar-refractivity contribution is -0.130. The molecule has 1 amide bonds. The number of carbonyl (C=O) groups excluding carboxylic acids is 1. The second-order valence-electron chi connectivity index (χ2n) is 4.95. The van der Waals surface area contributed by atoms with Crippen LogP contribution < -0.4 is 0 Å². The fraction of sp³-hybridized carbons (Fsp3) is 0.533. The maximum Gasteiger partial charge on any atom is 0.235 e. The molecular weight excluding hydrogens is 322 g/mol. The average molecular weight is 342 g/mol. The number of amides is 1. The highest BCUT2D eigenvalue weighted by atomic mass is 79.9. The van der Waals surface area contributed by atoms with Gasteiger partial charge < -0.3 is 4.90 Å². The molecule has 0 spiro atoms. The van der Waals surface area contributed by atoms with E-state index in [-0.39, 0.29) is 11.2 Å². The fourth-order valence-electron chi connectivity index (χ4n) is 2.32. The fourth-order valence-corrected chi connectivity index (χ4v) is 3.53. The summed E-state index contributed by atoms with van der Waals surface area (Å²) in [5.41, 5.74) is 0. The lowest BCUT2D eigenvalue weighted by Gasteiger charge is -2.23.